The van der Waals surface area contributed by atoms with E-state index in [2.05, 4.69) is 5.10 Å². The first-order valence-electron chi connectivity index (χ1n) is 4.00. The molecule has 0 aromatic carbocycles. The fourth-order valence-electron chi connectivity index (χ4n) is 1.42. The zero-order valence-corrected chi connectivity index (χ0v) is 7.61. The van der Waals surface area contributed by atoms with Crippen LogP contribution < -0.4 is 10.5 Å². The molecule has 2 aromatic heterocycles. The van der Waals surface area contributed by atoms with Crippen molar-refractivity contribution in [1.82, 2.24) is 9.61 Å². The summed E-state index contributed by atoms with van der Waals surface area (Å²) in [7, 11) is 1.61. The number of aromatic nitrogens is 2. The van der Waals surface area contributed by atoms with E-state index in [0.29, 0.717) is 11.4 Å². The molecular formula is C9H11N3O. The van der Waals surface area contributed by atoms with Crippen molar-refractivity contribution in [1.29, 1.82) is 0 Å². The molecule has 0 unspecified atom stereocenters. The first-order valence-corrected chi connectivity index (χ1v) is 4.00. The zero-order chi connectivity index (χ0) is 9.42. The Morgan fingerprint density at radius 2 is 2.31 bits per heavy atom. The number of anilines is 1. The molecule has 0 saturated carbocycles. The molecule has 0 aliphatic carbocycles. The van der Waals surface area contributed by atoms with Crippen molar-refractivity contribution in [2.45, 2.75) is 6.92 Å². The lowest BCUT2D eigenvalue weighted by Crippen LogP contribution is -1.97. The Balaban J connectivity index is 2.88. The van der Waals surface area contributed by atoms with E-state index in [-0.39, 0.29) is 0 Å². The highest BCUT2D eigenvalue weighted by Crippen LogP contribution is 2.28. The molecule has 0 fully saturated rings. The van der Waals surface area contributed by atoms with E-state index in [1.807, 2.05) is 13.1 Å². The second-order valence-corrected chi connectivity index (χ2v) is 2.93. The predicted octanol–water partition coefficient (Wildman–Crippen LogP) is 1.23. The van der Waals surface area contributed by atoms with E-state index < -0.39 is 0 Å². The molecule has 0 atom stereocenters. The zero-order valence-electron chi connectivity index (χ0n) is 7.61. The lowest BCUT2D eigenvalue weighted by atomic mass is 10.2. The summed E-state index contributed by atoms with van der Waals surface area (Å²) in [4.78, 5) is 0. The number of pyridine rings is 1. The van der Waals surface area contributed by atoms with Gasteiger partial charge in [0.1, 0.15) is 5.52 Å². The molecule has 2 rings (SSSR count). The molecule has 2 heterocycles. The SMILES string of the molecule is COc1c(N)ccn2ncc(C)c12. The highest BCUT2D eigenvalue weighted by Gasteiger charge is 2.08. The normalized spacial score (nSPS) is 10.6. The van der Waals surface area contributed by atoms with Crippen LogP contribution in [0.4, 0.5) is 5.69 Å². The number of hydrogen-bond acceptors (Lipinski definition) is 3. The van der Waals surface area contributed by atoms with Gasteiger partial charge in [0.25, 0.3) is 0 Å². The monoisotopic (exact) mass is 177 g/mol. The first kappa shape index (κ1) is 7.91. The van der Waals surface area contributed by atoms with Gasteiger partial charge in [0.2, 0.25) is 0 Å². The van der Waals surface area contributed by atoms with E-state index in [1.54, 1.807) is 23.9 Å². The summed E-state index contributed by atoms with van der Waals surface area (Å²) in [5, 5.41) is 4.15. The van der Waals surface area contributed by atoms with Crippen LogP contribution >= 0.6 is 0 Å². The van der Waals surface area contributed by atoms with Gasteiger partial charge in [-0.15, -0.1) is 0 Å². The number of nitrogens with zero attached hydrogens (tertiary/aromatic N) is 2. The fraction of sp³-hybridized carbons (Fsp3) is 0.222. The quantitative estimate of drug-likeness (QED) is 0.712. The summed E-state index contributed by atoms with van der Waals surface area (Å²) in [6.07, 6.45) is 3.61. The molecule has 0 aliphatic heterocycles. The summed E-state index contributed by atoms with van der Waals surface area (Å²) < 4.78 is 6.97. The van der Waals surface area contributed by atoms with E-state index in [0.717, 1.165) is 11.1 Å². The lowest BCUT2D eigenvalue weighted by Gasteiger charge is -2.06. The fourth-order valence-corrected chi connectivity index (χ4v) is 1.42. The van der Waals surface area contributed by atoms with Gasteiger partial charge in [-0.3, -0.25) is 0 Å². The average Bonchev–Trinajstić information content (AvgIpc) is 2.49. The molecule has 2 N–H and O–H groups in total. The number of nitrogen functional groups attached to an aromatic ring is 1. The second-order valence-electron chi connectivity index (χ2n) is 2.93. The van der Waals surface area contributed by atoms with Crippen LogP contribution in [0.25, 0.3) is 5.52 Å². The highest BCUT2D eigenvalue weighted by atomic mass is 16.5. The van der Waals surface area contributed by atoms with Gasteiger partial charge in [0, 0.05) is 6.20 Å². The number of fused-ring (bicyclic) bond motifs is 1. The minimum absolute atomic E-state index is 0.638. The number of methoxy groups -OCH3 is 1. The number of rotatable bonds is 1. The molecule has 4 nitrogen and oxygen atoms in total. The highest BCUT2D eigenvalue weighted by molar-refractivity contribution is 5.74. The number of aryl methyl sites for hydroxylation is 1. The van der Waals surface area contributed by atoms with Crippen LogP contribution in [0.5, 0.6) is 5.75 Å². The Kier molecular flexibility index (Phi) is 1.62. The van der Waals surface area contributed by atoms with Crippen LogP contribution in [0, 0.1) is 6.92 Å². The maximum atomic E-state index is 5.76. The largest absolute Gasteiger partial charge is 0.492 e. The Bertz CT molecular complexity index is 447. The van der Waals surface area contributed by atoms with Gasteiger partial charge in [-0.25, -0.2) is 4.52 Å². The summed E-state index contributed by atoms with van der Waals surface area (Å²) >= 11 is 0. The van der Waals surface area contributed by atoms with Crippen molar-refractivity contribution in [3.8, 4) is 5.75 Å². The van der Waals surface area contributed by atoms with Crippen LogP contribution in [-0.2, 0) is 0 Å². The van der Waals surface area contributed by atoms with E-state index >= 15 is 0 Å². The average molecular weight is 177 g/mol. The summed E-state index contributed by atoms with van der Waals surface area (Å²) in [6, 6.07) is 1.78. The van der Waals surface area contributed by atoms with Gasteiger partial charge in [-0.1, -0.05) is 0 Å². The van der Waals surface area contributed by atoms with Crippen LogP contribution in [0.15, 0.2) is 18.5 Å². The summed E-state index contributed by atoms with van der Waals surface area (Å²) in [5.74, 6) is 0.692. The minimum atomic E-state index is 0.638. The third-order valence-corrected chi connectivity index (χ3v) is 2.06. The molecular weight excluding hydrogens is 166 g/mol. The Hall–Kier alpha value is -1.71. The third kappa shape index (κ3) is 1.02. The molecule has 2 aromatic rings. The smallest absolute Gasteiger partial charge is 0.167 e. The molecule has 0 aliphatic rings. The minimum Gasteiger partial charge on any atom is -0.492 e. The maximum absolute atomic E-state index is 5.76. The number of ether oxygens (including phenoxy) is 1. The topological polar surface area (TPSA) is 52.5 Å². The van der Waals surface area contributed by atoms with Crippen molar-refractivity contribution < 1.29 is 4.74 Å². The summed E-state index contributed by atoms with van der Waals surface area (Å²) in [6.45, 7) is 1.98. The van der Waals surface area contributed by atoms with Gasteiger partial charge >= 0.3 is 0 Å². The van der Waals surface area contributed by atoms with Crippen LogP contribution in [-0.4, -0.2) is 16.7 Å². The van der Waals surface area contributed by atoms with Crippen molar-refractivity contribution in [2.24, 2.45) is 0 Å². The second kappa shape index (κ2) is 2.65. The Morgan fingerprint density at radius 1 is 1.54 bits per heavy atom. The van der Waals surface area contributed by atoms with Gasteiger partial charge in [-0.05, 0) is 18.6 Å². The van der Waals surface area contributed by atoms with Crippen LogP contribution in [0.3, 0.4) is 0 Å². The van der Waals surface area contributed by atoms with E-state index in [1.165, 1.54) is 0 Å². The van der Waals surface area contributed by atoms with Gasteiger partial charge < -0.3 is 10.5 Å². The van der Waals surface area contributed by atoms with Gasteiger partial charge in [-0.2, -0.15) is 5.10 Å². The van der Waals surface area contributed by atoms with Crippen molar-refractivity contribution in [2.75, 3.05) is 12.8 Å². The van der Waals surface area contributed by atoms with Crippen LogP contribution in [0.2, 0.25) is 0 Å². The van der Waals surface area contributed by atoms with Crippen molar-refractivity contribution in [3.63, 3.8) is 0 Å². The lowest BCUT2D eigenvalue weighted by molar-refractivity contribution is 0.419. The van der Waals surface area contributed by atoms with Gasteiger partial charge in [0.05, 0.1) is 19.0 Å². The maximum Gasteiger partial charge on any atom is 0.167 e. The third-order valence-electron chi connectivity index (χ3n) is 2.06. The molecule has 0 spiro atoms. The molecule has 68 valence electrons. The molecule has 4 heteroatoms. The molecule has 13 heavy (non-hydrogen) atoms. The Labute approximate surface area is 75.9 Å². The number of hydrogen-bond donors (Lipinski definition) is 1. The van der Waals surface area contributed by atoms with E-state index in [9.17, 15) is 0 Å². The number of nitrogens with two attached hydrogens (primary N) is 1. The van der Waals surface area contributed by atoms with Gasteiger partial charge in [0.15, 0.2) is 5.75 Å². The molecule has 0 bridgehead atoms. The molecule has 0 amide bonds. The summed E-state index contributed by atoms with van der Waals surface area (Å²) in [5.41, 5.74) is 8.39. The van der Waals surface area contributed by atoms with Crippen molar-refractivity contribution in [3.05, 3.63) is 24.0 Å². The Morgan fingerprint density at radius 3 is 3.00 bits per heavy atom. The standard InChI is InChI=1S/C9H11N3O/c1-6-5-11-12-4-3-7(10)9(13-2)8(6)12/h3-5H,10H2,1-2H3. The van der Waals surface area contributed by atoms with E-state index in [4.69, 9.17) is 10.5 Å². The molecule has 0 radical (unpaired) electrons. The molecule has 0 saturated heterocycles. The van der Waals surface area contributed by atoms with Crippen molar-refractivity contribution >= 4 is 11.2 Å². The first-order chi connectivity index (χ1) is 6.24. The predicted molar refractivity (Wildman–Crippen MR) is 50.9 cm³/mol. The van der Waals surface area contributed by atoms with Crippen LogP contribution in [0.1, 0.15) is 5.56 Å².